The molecular weight excluding hydrogens is 324 g/mol. The predicted molar refractivity (Wildman–Crippen MR) is 91.8 cm³/mol. The van der Waals surface area contributed by atoms with Crippen molar-refractivity contribution >= 4 is 23.2 Å². The van der Waals surface area contributed by atoms with Crippen molar-refractivity contribution in [2.75, 3.05) is 11.4 Å². The van der Waals surface area contributed by atoms with Crippen molar-refractivity contribution in [3.63, 3.8) is 0 Å². The molecule has 0 aromatic carbocycles. The summed E-state index contributed by atoms with van der Waals surface area (Å²) in [5, 5.41) is 5.00. The van der Waals surface area contributed by atoms with Gasteiger partial charge in [0.25, 0.3) is 0 Å². The quantitative estimate of drug-likeness (QED) is 0.919. The van der Waals surface area contributed by atoms with Crippen LogP contribution in [0, 0.1) is 0 Å². The molecule has 7 heteroatoms. The van der Waals surface area contributed by atoms with Gasteiger partial charge in [-0.1, -0.05) is 6.07 Å². The van der Waals surface area contributed by atoms with Crippen molar-refractivity contribution in [3.05, 3.63) is 40.8 Å². The van der Waals surface area contributed by atoms with Gasteiger partial charge in [0.1, 0.15) is 6.10 Å². The zero-order valence-electron chi connectivity index (χ0n) is 13.3. The highest BCUT2D eigenvalue weighted by molar-refractivity contribution is 7.09. The van der Waals surface area contributed by atoms with Crippen molar-refractivity contribution < 1.29 is 9.53 Å². The molecule has 126 valence electrons. The predicted octanol–water partition coefficient (Wildman–Crippen LogP) is 1.98. The number of amides is 1. The molecule has 2 saturated heterocycles. The zero-order chi connectivity index (χ0) is 16.4. The van der Waals surface area contributed by atoms with Crippen LogP contribution < -0.4 is 10.2 Å². The minimum absolute atomic E-state index is 0.00346. The molecule has 24 heavy (non-hydrogen) atoms. The van der Waals surface area contributed by atoms with Gasteiger partial charge in [0, 0.05) is 23.8 Å². The fourth-order valence-corrected chi connectivity index (χ4v) is 4.15. The van der Waals surface area contributed by atoms with Crippen LogP contribution in [-0.2, 0) is 16.1 Å². The number of fused-ring (bicyclic) bond motifs is 1. The molecule has 2 aliphatic heterocycles. The standard InChI is InChI=1S/C17H20N4O2S/c22-16(20-11-12-3-1-10-24-12)15-5-4-13-14(23-15)6-9-21(13)17-18-7-2-8-19-17/h1-3,7-8,10,13-15H,4-6,9,11H2,(H,20,22)/t13-,14-,15-/m1/s1. The maximum Gasteiger partial charge on any atom is 0.249 e. The Morgan fingerprint density at radius 1 is 1.29 bits per heavy atom. The van der Waals surface area contributed by atoms with Crippen molar-refractivity contribution in [2.45, 2.75) is 44.1 Å². The topological polar surface area (TPSA) is 67.4 Å². The third-order valence-corrected chi connectivity index (χ3v) is 5.54. The number of rotatable bonds is 4. The van der Waals surface area contributed by atoms with E-state index in [2.05, 4.69) is 20.2 Å². The lowest BCUT2D eigenvalue weighted by molar-refractivity contribution is -0.141. The number of ether oxygens (including phenoxy) is 1. The van der Waals surface area contributed by atoms with Crippen molar-refractivity contribution in [2.24, 2.45) is 0 Å². The number of nitrogens with zero attached hydrogens (tertiary/aromatic N) is 3. The van der Waals surface area contributed by atoms with Gasteiger partial charge in [-0.15, -0.1) is 11.3 Å². The molecule has 3 atom stereocenters. The van der Waals surface area contributed by atoms with E-state index in [1.165, 1.54) is 0 Å². The molecule has 6 nitrogen and oxygen atoms in total. The molecule has 2 fully saturated rings. The van der Waals surface area contributed by atoms with Crippen LogP contribution >= 0.6 is 11.3 Å². The number of carbonyl (C=O) groups is 1. The van der Waals surface area contributed by atoms with Crippen molar-refractivity contribution in [3.8, 4) is 0 Å². The minimum atomic E-state index is -0.345. The van der Waals surface area contributed by atoms with E-state index in [0.29, 0.717) is 6.54 Å². The SMILES string of the molecule is O=C(NCc1cccs1)[C@H]1CC[C@@H]2[C@@H](CCN2c2ncccn2)O1. The van der Waals surface area contributed by atoms with Gasteiger partial charge in [-0.05, 0) is 36.8 Å². The average Bonchev–Trinajstić information content (AvgIpc) is 3.29. The monoisotopic (exact) mass is 344 g/mol. The molecule has 1 amide bonds. The number of thiophene rings is 1. The molecule has 0 aliphatic carbocycles. The molecule has 4 heterocycles. The number of carbonyl (C=O) groups excluding carboxylic acids is 1. The van der Waals surface area contributed by atoms with Gasteiger partial charge >= 0.3 is 0 Å². The second kappa shape index (κ2) is 6.86. The van der Waals surface area contributed by atoms with Crippen LogP contribution in [0.15, 0.2) is 36.0 Å². The lowest BCUT2D eigenvalue weighted by atomic mass is 9.99. The maximum atomic E-state index is 12.4. The fourth-order valence-electron chi connectivity index (χ4n) is 3.51. The smallest absolute Gasteiger partial charge is 0.249 e. The molecule has 0 unspecified atom stereocenters. The molecule has 0 bridgehead atoms. The van der Waals surface area contributed by atoms with Gasteiger partial charge in [-0.25, -0.2) is 9.97 Å². The summed E-state index contributed by atoms with van der Waals surface area (Å²) in [5.41, 5.74) is 0. The van der Waals surface area contributed by atoms with E-state index in [0.717, 1.165) is 36.6 Å². The number of anilines is 1. The molecule has 0 radical (unpaired) electrons. The van der Waals surface area contributed by atoms with Crippen LogP contribution in [-0.4, -0.2) is 40.7 Å². The van der Waals surface area contributed by atoms with Crippen LogP contribution in [0.2, 0.25) is 0 Å². The third-order valence-electron chi connectivity index (χ3n) is 4.67. The number of aromatic nitrogens is 2. The van der Waals surface area contributed by atoms with Crippen molar-refractivity contribution in [1.29, 1.82) is 0 Å². The highest BCUT2D eigenvalue weighted by Gasteiger charge is 2.42. The van der Waals surface area contributed by atoms with E-state index in [4.69, 9.17) is 4.74 Å². The summed E-state index contributed by atoms with van der Waals surface area (Å²) in [6.07, 6.45) is 5.85. The number of hydrogen-bond donors (Lipinski definition) is 1. The van der Waals surface area contributed by atoms with Gasteiger partial charge in [0.15, 0.2) is 0 Å². The molecule has 2 aromatic rings. The molecule has 1 N–H and O–H groups in total. The Morgan fingerprint density at radius 3 is 2.96 bits per heavy atom. The highest BCUT2D eigenvalue weighted by Crippen LogP contribution is 2.33. The Bertz CT molecular complexity index is 679. The van der Waals surface area contributed by atoms with Crippen LogP contribution in [0.25, 0.3) is 0 Å². The van der Waals surface area contributed by atoms with Gasteiger partial charge < -0.3 is 15.0 Å². The first-order chi connectivity index (χ1) is 11.8. The summed E-state index contributed by atoms with van der Waals surface area (Å²) in [5.74, 6) is 0.755. The van der Waals surface area contributed by atoms with E-state index < -0.39 is 0 Å². The molecule has 4 rings (SSSR count). The Labute approximate surface area is 144 Å². The Hall–Kier alpha value is -1.99. The molecule has 2 aliphatic rings. The lowest BCUT2D eigenvalue weighted by Gasteiger charge is -2.35. The van der Waals surface area contributed by atoms with Crippen LogP contribution in [0.5, 0.6) is 0 Å². The Kier molecular flexibility index (Phi) is 4.44. The summed E-state index contributed by atoms with van der Waals surface area (Å²) in [6.45, 7) is 1.46. The van der Waals surface area contributed by atoms with E-state index >= 15 is 0 Å². The van der Waals surface area contributed by atoms with Crippen LogP contribution in [0.4, 0.5) is 5.95 Å². The highest BCUT2D eigenvalue weighted by atomic mass is 32.1. The van der Waals surface area contributed by atoms with Crippen LogP contribution in [0.3, 0.4) is 0 Å². The van der Waals surface area contributed by atoms with Crippen LogP contribution in [0.1, 0.15) is 24.1 Å². The van der Waals surface area contributed by atoms with E-state index in [-0.39, 0.29) is 24.2 Å². The summed E-state index contributed by atoms with van der Waals surface area (Å²) < 4.78 is 6.09. The summed E-state index contributed by atoms with van der Waals surface area (Å²) in [4.78, 5) is 24.4. The van der Waals surface area contributed by atoms with Gasteiger partial charge in [0.2, 0.25) is 11.9 Å². The summed E-state index contributed by atoms with van der Waals surface area (Å²) >= 11 is 1.65. The van der Waals surface area contributed by atoms with Gasteiger partial charge in [0.05, 0.1) is 18.7 Å². The first-order valence-electron chi connectivity index (χ1n) is 8.30. The minimum Gasteiger partial charge on any atom is -0.363 e. The molecule has 0 spiro atoms. The number of nitrogens with one attached hydrogen (secondary N) is 1. The third kappa shape index (κ3) is 3.14. The largest absolute Gasteiger partial charge is 0.363 e. The van der Waals surface area contributed by atoms with Crippen molar-refractivity contribution in [1.82, 2.24) is 15.3 Å². The molecule has 0 saturated carbocycles. The van der Waals surface area contributed by atoms with E-state index in [9.17, 15) is 4.79 Å². The Morgan fingerprint density at radius 2 is 2.17 bits per heavy atom. The molecule has 2 aromatic heterocycles. The second-order valence-corrected chi connectivity index (χ2v) is 7.17. The first kappa shape index (κ1) is 15.5. The fraction of sp³-hybridized carbons (Fsp3) is 0.471. The normalized spacial score (nSPS) is 26.2. The maximum absolute atomic E-state index is 12.4. The summed E-state index contributed by atoms with van der Waals surface area (Å²) in [7, 11) is 0. The zero-order valence-corrected chi connectivity index (χ0v) is 14.1. The van der Waals surface area contributed by atoms with E-state index in [1.807, 2.05) is 23.6 Å². The van der Waals surface area contributed by atoms with Gasteiger partial charge in [-0.2, -0.15) is 0 Å². The Balaban J connectivity index is 1.34. The second-order valence-electron chi connectivity index (χ2n) is 6.14. The number of hydrogen-bond acceptors (Lipinski definition) is 6. The molecular formula is C17H20N4O2S. The average molecular weight is 344 g/mol. The first-order valence-corrected chi connectivity index (χ1v) is 9.18. The lowest BCUT2D eigenvalue weighted by Crippen LogP contribution is -2.48. The summed E-state index contributed by atoms with van der Waals surface area (Å²) in [6, 6.07) is 6.11. The van der Waals surface area contributed by atoms with E-state index in [1.54, 1.807) is 23.7 Å². The van der Waals surface area contributed by atoms with Gasteiger partial charge in [-0.3, -0.25) is 4.79 Å².